The van der Waals surface area contributed by atoms with Crippen LogP contribution in [-0.2, 0) is 6.61 Å². The molecule has 0 radical (unpaired) electrons. The first-order valence-corrected chi connectivity index (χ1v) is 7.06. The first-order valence-electron chi connectivity index (χ1n) is 7.06. The van der Waals surface area contributed by atoms with Crippen LogP contribution in [0.2, 0.25) is 0 Å². The van der Waals surface area contributed by atoms with E-state index in [0.29, 0.717) is 17.4 Å². The summed E-state index contributed by atoms with van der Waals surface area (Å²) in [6.07, 6.45) is 3.92. The molecule has 0 saturated heterocycles. The highest BCUT2D eigenvalue weighted by Gasteiger charge is 2.28. The third-order valence-corrected chi connectivity index (χ3v) is 3.77. The zero-order chi connectivity index (χ0) is 14.8. The Morgan fingerprint density at radius 2 is 2.14 bits per heavy atom. The smallest absolute Gasteiger partial charge is 0.336 e. The van der Waals surface area contributed by atoms with Crippen molar-refractivity contribution in [1.82, 2.24) is 4.98 Å². The van der Waals surface area contributed by atoms with Gasteiger partial charge in [-0.25, -0.2) is 9.78 Å². The maximum atomic E-state index is 11.4. The van der Waals surface area contributed by atoms with E-state index < -0.39 is 5.97 Å². The summed E-state index contributed by atoms with van der Waals surface area (Å²) >= 11 is 0. The minimum Gasteiger partial charge on any atom is -0.478 e. The van der Waals surface area contributed by atoms with Crippen molar-refractivity contribution < 1.29 is 14.6 Å². The normalized spacial score (nSPS) is 14.0. The molecule has 0 unspecified atom stereocenters. The second-order valence-corrected chi connectivity index (χ2v) is 5.37. The van der Waals surface area contributed by atoms with Crippen LogP contribution in [0.3, 0.4) is 0 Å². The average molecular weight is 283 g/mol. The minimum atomic E-state index is -0.908. The minimum absolute atomic E-state index is 0.242. The van der Waals surface area contributed by atoms with Crippen LogP contribution in [0.25, 0.3) is 0 Å². The number of benzene rings is 1. The summed E-state index contributed by atoms with van der Waals surface area (Å²) in [4.78, 5) is 15.6. The Hall–Kier alpha value is -2.36. The van der Waals surface area contributed by atoms with Gasteiger partial charge in [0.15, 0.2) is 0 Å². The summed E-state index contributed by atoms with van der Waals surface area (Å²) in [5, 5.41) is 9.37. The lowest BCUT2D eigenvalue weighted by Gasteiger charge is -2.14. The van der Waals surface area contributed by atoms with E-state index in [1.165, 1.54) is 0 Å². The summed E-state index contributed by atoms with van der Waals surface area (Å²) in [5.74, 6) is 0.126. The summed E-state index contributed by atoms with van der Waals surface area (Å²) < 4.78 is 5.76. The first-order chi connectivity index (χ1) is 10.2. The van der Waals surface area contributed by atoms with Gasteiger partial charge < -0.3 is 9.84 Å². The van der Waals surface area contributed by atoms with Gasteiger partial charge in [-0.3, -0.25) is 0 Å². The van der Waals surface area contributed by atoms with Crippen molar-refractivity contribution in [2.24, 2.45) is 0 Å². The van der Waals surface area contributed by atoms with Crippen molar-refractivity contribution in [1.29, 1.82) is 0 Å². The fourth-order valence-electron chi connectivity index (χ4n) is 2.51. The predicted molar refractivity (Wildman–Crippen MR) is 78.7 cm³/mol. The van der Waals surface area contributed by atoms with E-state index >= 15 is 0 Å². The maximum absolute atomic E-state index is 11.4. The van der Waals surface area contributed by atoms with Crippen LogP contribution < -0.4 is 4.74 Å². The third-order valence-electron chi connectivity index (χ3n) is 3.77. The quantitative estimate of drug-likeness (QED) is 0.911. The van der Waals surface area contributed by atoms with Gasteiger partial charge in [-0.15, -0.1) is 0 Å². The van der Waals surface area contributed by atoms with Gasteiger partial charge in [0.05, 0.1) is 5.56 Å². The number of nitrogens with zero attached hydrogens (tertiary/aromatic N) is 1. The van der Waals surface area contributed by atoms with Gasteiger partial charge in [-0.05, 0) is 43.4 Å². The molecule has 0 aliphatic heterocycles. The topological polar surface area (TPSA) is 59.4 Å². The van der Waals surface area contributed by atoms with E-state index in [9.17, 15) is 9.90 Å². The molecule has 1 saturated carbocycles. The molecule has 0 bridgehead atoms. The van der Waals surface area contributed by atoms with Crippen LogP contribution >= 0.6 is 0 Å². The Labute approximate surface area is 123 Å². The van der Waals surface area contributed by atoms with Gasteiger partial charge in [0.2, 0.25) is 5.88 Å². The van der Waals surface area contributed by atoms with Gasteiger partial charge in [-0.1, -0.05) is 18.2 Å². The molecule has 1 heterocycles. The zero-order valence-electron chi connectivity index (χ0n) is 11.9. The number of carboxylic acids is 1. The van der Waals surface area contributed by atoms with E-state index in [1.807, 2.05) is 31.2 Å². The number of carbonyl (C=O) groups is 1. The molecule has 1 fully saturated rings. The Kier molecular flexibility index (Phi) is 3.60. The van der Waals surface area contributed by atoms with Gasteiger partial charge in [0.1, 0.15) is 6.61 Å². The molecule has 1 N–H and O–H groups in total. The summed E-state index contributed by atoms with van der Waals surface area (Å²) in [6, 6.07) is 9.23. The molecule has 4 nitrogen and oxygen atoms in total. The van der Waals surface area contributed by atoms with Gasteiger partial charge >= 0.3 is 5.97 Å². The van der Waals surface area contributed by atoms with Crippen molar-refractivity contribution in [3.8, 4) is 5.88 Å². The van der Waals surface area contributed by atoms with Crippen LogP contribution in [-0.4, -0.2) is 16.1 Å². The van der Waals surface area contributed by atoms with Gasteiger partial charge in [0, 0.05) is 17.3 Å². The number of aryl methyl sites for hydroxylation is 1. The van der Waals surface area contributed by atoms with E-state index in [1.54, 1.807) is 12.3 Å². The molecule has 3 rings (SSSR count). The number of aromatic nitrogens is 1. The van der Waals surface area contributed by atoms with Crippen LogP contribution in [0, 0.1) is 6.92 Å². The SMILES string of the molecule is Cc1cccnc1OCc1c(C(=O)O)cccc1C1CC1. The van der Waals surface area contributed by atoms with Gasteiger partial charge in [0.25, 0.3) is 0 Å². The molecule has 1 aromatic carbocycles. The van der Waals surface area contributed by atoms with Crippen molar-refractivity contribution >= 4 is 5.97 Å². The lowest BCUT2D eigenvalue weighted by molar-refractivity contribution is 0.0693. The Morgan fingerprint density at radius 1 is 1.33 bits per heavy atom. The molecule has 4 heteroatoms. The molecule has 1 aliphatic rings. The number of carboxylic acid groups (broad SMARTS) is 1. The molecule has 0 spiro atoms. The zero-order valence-corrected chi connectivity index (χ0v) is 11.9. The fraction of sp³-hybridized carbons (Fsp3) is 0.294. The number of hydrogen-bond acceptors (Lipinski definition) is 3. The molecule has 1 aliphatic carbocycles. The predicted octanol–water partition coefficient (Wildman–Crippen LogP) is 3.54. The Balaban J connectivity index is 1.90. The van der Waals surface area contributed by atoms with Crippen LogP contribution in [0.4, 0.5) is 0 Å². The number of hydrogen-bond donors (Lipinski definition) is 1. The average Bonchev–Trinajstić information content (AvgIpc) is 3.30. The molecular weight excluding hydrogens is 266 g/mol. The van der Waals surface area contributed by atoms with Crippen molar-refractivity contribution in [3.63, 3.8) is 0 Å². The van der Waals surface area contributed by atoms with Crippen LogP contribution in [0.15, 0.2) is 36.5 Å². The Bertz CT molecular complexity index is 677. The first kappa shape index (κ1) is 13.6. The number of aromatic carboxylic acids is 1. The van der Waals surface area contributed by atoms with Crippen molar-refractivity contribution in [2.45, 2.75) is 32.3 Å². The van der Waals surface area contributed by atoms with Crippen molar-refractivity contribution in [2.75, 3.05) is 0 Å². The van der Waals surface area contributed by atoms with E-state index in [4.69, 9.17) is 4.74 Å². The lowest BCUT2D eigenvalue weighted by Crippen LogP contribution is -2.09. The standard InChI is InChI=1S/C17H17NO3/c1-11-4-3-9-18-16(11)21-10-15-13(12-7-8-12)5-2-6-14(15)17(19)20/h2-6,9,12H,7-8,10H2,1H3,(H,19,20). The van der Waals surface area contributed by atoms with Crippen LogP contribution in [0.1, 0.15) is 45.8 Å². The molecule has 0 atom stereocenters. The Morgan fingerprint density at radius 3 is 2.81 bits per heavy atom. The third kappa shape index (κ3) is 2.89. The van der Waals surface area contributed by atoms with E-state index in [2.05, 4.69) is 4.98 Å². The fourth-order valence-corrected chi connectivity index (χ4v) is 2.51. The van der Waals surface area contributed by atoms with E-state index in [-0.39, 0.29) is 6.61 Å². The van der Waals surface area contributed by atoms with E-state index in [0.717, 1.165) is 29.5 Å². The number of rotatable bonds is 5. The highest BCUT2D eigenvalue weighted by Crippen LogP contribution is 2.42. The summed E-state index contributed by atoms with van der Waals surface area (Å²) in [5.41, 5.74) is 3.15. The monoisotopic (exact) mass is 283 g/mol. The molecule has 0 amide bonds. The maximum Gasteiger partial charge on any atom is 0.336 e. The highest BCUT2D eigenvalue weighted by molar-refractivity contribution is 5.89. The molecule has 108 valence electrons. The molecule has 21 heavy (non-hydrogen) atoms. The summed E-state index contributed by atoms with van der Waals surface area (Å²) in [7, 11) is 0. The lowest BCUT2D eigenvalue weighted by atomic mass is 9.98. The number of ether oxygens (including phenoxy) is 1. The highest BCUT2D eigenvalue weighted by atomic mass is 16.5. The second kappa shape index (κ2) is 5.56. The van der Waals surface area contributed by atoms with Crippen LogP contribution in [0.5, 0.6) is 5.88 Å². The molecular formula is C17H17NO3. The van der Waals surface area contributed by atoms with Gasteiger partial charge in [-0.2, -0.15) is 0 Å². The molecule has 1 aromatic heterocycles. The molecule has 2 aromatic rings. The number of pyridine rings is 1. The second-order valence-electron chi connectivity index (χ2n) is 5.37. The summed E-state index contributed by atoms with van der Waals surface area (Å²) in [6.45, 7) is 2.17. The van der Waals surface area contributed by atoms with Crippen molar-refractivity contribution in [3.05, 3.63) is 58.8 Å². The largest absolute Gasteiger partial charge is 0.478 e.